The van der Waals surface area contributed by atoms with E-state index in [0.29, 0.717) is 18.9 Å². The monoisotopic (exact) mass is 340 g/mol. The van der Waals surface area contributed by atoms with E-state index < -0.39 is 6.04 Å². The second-order valence-corrected chi connectivity index (χ2v) is 6.62. The molecule has 0 fully saturated rings. The summed E-state index contributed by atoms with van der Waals surface area (Å²) in [4.78, 5) is 15.3. The summed E-state index contributed by atoms with van der Waals surface area (Å²) in [5, 5.41) is 1.10. The molecule has 1 aromatic carbocycles. The van der Waals surface area contributed by atoms with Gasteiger partial charge in [-0.05, 0) is 42.9 Å². The number of rotatable bonds is 9. The van der Waals surface area contributed by atoms with Crippen molar-refractivity contribution < 1.29 is 9.53 Å². The minimum atomic E-state index is -0.659. The molecule has 0 amide bonds. The Labute approximate surface area is 149 Å². The van der Waals surface area contributed by atoms with Crippen LogP contribution in [0.15, 0.2) is 54.8 Å². The zero-order chi connectivity index (χ0) is 18.2. The van der Waals surface area contributed by atoms with Gasteiger partial charge in [-0.25, -0.2) is 0 Å². The SMILES string of the molecule is C=CC(C)CCC=C(C)COC(=O)[C@@H](N)Cc1c[nH]c2ccccc12. The van der Waals surface area contributed by atoms with Crippen molar-refractivity contribution in [2.45, 2.75) is 39.2 Å². The van der Waals surface area contributed by atoms with E-state index in [1.165, 1.54) is 0 Å². The molecule has 2 rings (SSSR count). The third kappa shape index (κ3) is 5.61. The highest BCUT2D eigenvalue weighted by Crippen LogP contribution is 2.19. The highest BCUT2D eigenvalue weighted by Gasteiger charge is 2.17. The summed E-state index contributed by atoms with van der Waals surface area (Å²) in [6, 6.07) is 7.32. The van der Waals surface area contributed by atoms with Gasteiger partial charge in [-0.3, -0.25) is 4.79 Å². The first kappa shape index (κ1) is 19.0. The zero-order valence-electron chi connectivity index (χ0n) is 15.1. The van der Waals surface area contributed by atoms with Crippen LogP contribution in [-0.4, -0.2) is 23.6 Å². The Kier molecular flexibility index (Phi) is 7.02. The molecule has 0 aliphatic rings. The molecule has 134 valence electrons. The van der Waals surface area contributed by atoms with Crippen molar-refractivity contribution in [2.24, 2.45) is 11.7 Å². The largest absolute Gasteiger partial charge is 0.460 e. The lowest BCUT2D eigenvalue weighted by atomic mass is 10.0. The van der Waals surface area contributed by atoms with Crippen LogP contribution >= 0.6 is 0 Å². The van der Waals surface area contributed by atoms with E-state index in [1.807, 2.05) is 43.5 Å². The van der Waals surface area contributed by atoms with Gasteiger partial charge < -0.3 is 15.5 Å². The summed E-state index contributed by atoms with van der Waals surface area (Å²) in [5.41, 5.74) is 9.15. The molecule has 0 saturated heterocycles. The smallest absolute Gasteiger partial charge is 0.323 e. The molecule has 4 nitrogen and oxygen atoms in total. The Bertz CT molecular complexity index is 745. The molecule has 0 spiro atoms. The van der Waals surface area contributed by atoms with Crippen LogP contribution in [0.25, 0.3) is 10.9 Å². The Morgan fingerprint density at radius 3 is 2.92 bits per heavy atom. The molecule has 1 heterocycles. The second kappa shape index (κ2) is 9.23. The minimum Gasteiger partial charge on any atom is -0.460 e. The van der Waals surface area contributed by atoms with Crippen LogP contribution in [0.2, 0.25) is 0 Å². The first-order valence-electron chi connectivity index (χ1n) is 8.76. The van der Waals surface area contributed by atoms with Crippen molar-refractivity contribution >= 4 is 16.9 Å². The fraction of sp³-hybridized carbons (Fsp3) is 0.381. The quantitative estimate of drug-likeness (QED) is 0.533. The van der Waals surface area contributed by atoms with Crippen molar-refractivity contribution in [1.82, 2.24) is 4.98 Å². The molecule has 0 aliphatic carbocycles. The maximum absolute atomic E-state index is 12.1. The van der Waals surface area contributed by atoms with Gasteiger partial charge in [0.05, 0.1) is 0 Å². The van der Waals surface area contributed by atoms with E-state index >= 15 is 0 Å². The number of nitrogens with one attached hydrogen (secondary N) is 1. The van der Waals surface area contributed by atoms with Crippen LogP contribution < -0.4 is 5.73 Å². The minimum absolute atomic E-state index is 0.295. The van der Waals surface area contributed by atoms with E-state index in [1.54, 1.807) is 0 Å². The summed E-state index contributed by atoms with van der Waals surface area (Å²) in [6.07, 6.45) is 8.43. The second-order valence-electron chi connectivity index (χ2n) is 6.62. The summed E-state index contributed by atoms with van der Waals surface area (Å²) >= 11 is 0. The van der Waals surface area contributed by atoms with E-state index in [4.69, 9.17) is 10.5 Å². The Balaban J connectivity index is 1.82. The topological polar surface area (TPSA) is 68.1 Å². The standard InChI is InChI=1S/C21H28N2O2/c1-4-15(2)8-7-9-16(3)14-25-21(24)19(22)12-17-13-23-20-11-6-5-10-18(17)20/h4-6,9-11,13,15,19,23H,1,7-8,12,14,22H2,2-3H3/t15?,19-/m0/s1. The molecule has 0 saturated carbocycles. The maximum atomic E-state index is 12.1. The van der Waals surface area contributed by atoms with Crippen LogP contribution in [0.1, 0.15) is 32.3 Å². The van der Waals surface area contributed by atoms with Crippen molar-refractivity contribution in [1.29, 1.82) is 0 Å². The number of esters is 1. The van der Waals surface area contributed by atoms with E-state index in [9.17, 15) is 4.79 Å². The molecule has 4 heteroatoms. The predicted octanol–water partition coefficient (Wildman–Crippen LogP) is 4.13. The lowest BCUT2D eigenvalue weighted by Gasteiger charge is -2.11. The molecule has 1 aromatic heterocycles. The van der Waals surface area contributed by atoms with Crippen molar-refractivity contribution in [3.63, 3.8) is 0 Å². The van der Waals surface area contributed by atoms with Crippen molar-refractivity contribution in [3.05, 3.63) is 60.3 Å². The van der Waals surface area contributed by atoms with Crippen LogP contribution in [0.5, 0.6) is 0 Å². The number of nitrogens with two attached hydrogens (primary N) is 1. The Morgan fingerprint density at radius 1 is 1.40 bits per heavy atom. The fourth-order valence-corrected chi connectivity index (χ4v) is 2.68. The van der Waals surface area contributed by atoms with Crippen molar-refractivity contribution in [3.8, 4) is 0 Å². The average molecular weight is 340 g/mol. The maximum Gasteiger partial charge on any atom is 0.323 e. The van der Waals surface area contributed by atoms with Crippen LogP contribution in [-0.2, 0) is 16.0 Å². The molecular formula is C21H28N2O2. The van der Waals surface area contributed by atoms with Crippen LogP contribution in [0.4, 0.5) is 0 Å². The number of H-pyrrole nitrogens is 1. The summed E-state index contributed by atoms with van der Waals surface area (Å²) < 4.78 is 5.35. The molecule has 2 aromatic rings. The highest BCUT2D eigenvalue weighted by atomic mass is 16.5. The molecule has 25 heavy (non-hydrogen) atoms. The number of para-hydroxylation sites is 1. The number of hydrogen-bond acceptors (Lipinski definition) is 3. The van der Waals surface area contributed by atoms with Gasteiger partial charge >= 0.3 is 5.97 Å². The average Bonchev–Trinajstić information content (AvgIpc) is 3.02. The number of hydrogen-bond donors (Lipinski definition) is 2. The van der Waals surface area contributed by atoms with Gasteiger partial charge in [-0.1, -0.05) is 37.3 Å². The lowest BCUT2D eigenvalue weighted by Crippen LogP contribution is -2.34. The molecule has 0 radical (unpaired) electrons. The number of aromatic amines is 1. The van der Waals surface area contributed by atoms with Gasteiger partial charge in [0.25, 0.3) is 0 Å². The first-order valence-corrected chi connectivity index (χ1v) is 8.76. The van der Waals surface area contributed by atoms with Crippen LogP contribution in [0.3, 0.4) is 0 Å². The summed E-state index contributed by atoms with van der Waals surface area (Å²) in [6.45, 7) is 8.18. The third-order valence-corrected chi connectivity index (χ3v) is 4.38. The number of aromatic nitrogens is 1. The Hall–Kier alpha value is -2.33. The Morgan fingerprint density at radius 2 is 2.16 bits per heavy atom. The van der Waals surface area contributed by atoms with Crippen molar-refractivity contribution in [2.75, 3.05) is 6.61 Å². The van der Waals surface area contributed by atoms with E-state index in [0.717, 1.165) is 34.9 Å². The molecule has 2 atom stereocenters. The normalized spacial score (nSPS) is 14.3. The van der Waals surface area contributed by atoms with Gasteiger partial charge in [0, 0.05) is 23.5 Å². The summed E-state index contributed by atoms with van der Waals surface area (Å²) in [5.74, 6) is 0.133. The first-order chi connectivity index (χ1) is 12.0. The number of carbonyl (C=O) groups is 1. The molecule has 0 aliphatic heterocycles. The predicted molar refractivity (Wildman–Crippen MR) is 103 cm³/mol. The third-order valence-electron chi connectivity index (χ3n) is 4.38. The lowest BCUT2D eigenvalue weighted by molar-refractivity contribution is -0.144. The molecule has 0 bridgehead atoms. The van der Waals surface area contributed by atoms with E-state index in [2.05, 4.69) is 24.6 Å². The molecule has 3 N–H and O–H groups in total. The van der Waals surface area contributed by atoms with Gasteiger partial charge in [-0.2, -0.15) is 0 Å². The number of allylic oxidation sites excluding steroid dienone is 2. The number of ether oxygens (including phenoxy) is 1. The van der Waals surface area contributed by atoms with E-state index in [-0.39, 0.29) is 5.97 Å². The van der Waals surface area contributed by atoms with Gasteiger partial charge in [0.15, 0.2) is 0 Å². The molecule has 1 unspecified atom stereocenters. The molecular weight excluding hydrogens is 312 g/mol. The highest BCUT2D eigenvalue weighted by molar-refractivity contribution is 5.84. The summed E-state index contributed by atoms with van der Waals surface area (Å²) in [7, 11) is 0. The van der Waals surface area contributed by atoms with Crippen LogP contribution in [0, 0.1) is 5.92 Å². The zero-order valence-corrected chi connectivity index (χ0v) is 15.1. The van der Waals surface area contributed by atoms with Gasteiger partial charge in [0.2, 0.25) is 0 Å². The fourth-order valence-electron chi connectivity index (χ4n) is 2.68. The van der Waals surface area contributed by atoms with Gasteiger partial charge in [0.1, 0.15) is 12.6 Å². The number of carbonyl (C=O) groups excluding carboxylic acids is 1. The number of benzene rings is 1. The van der Waals surface area contributed by atoms with Gasteiger partial charge in [-0.15, -0.1) is 6.58 Å². The number of fused-ring (bicyclic) bond motifs is 1.